The summed E-state index contributed by atoms with van der Waals surface area (Å²) in [6.07, 6.45) is 3.96. The van der Waals surface area contributed by atoms with Gasteiger partial charge in [-0.05, 0) is 57.8 Å². The molecule has 3 aliphatic rings. The van der Waals surface area contributed by atoms with Gasteiger partial charge in [0.25, 0.3) is 0 Å². The van der Waals surface area contributed by atoms with Gasteiger partial charge >= 0.3 is 0 Å². The largest absolute Gasteiger partial charge is 0.317 e. The van der Waals surface area contributed by atoms with E-state index in [2.05, 4.69) is 21.9 Å². The van der Waals surface area contributed by atoms with E-state index in [0.29, 0.717) is 5.92 Å². The molecule has 3 saturated heterocycles. The Morgan fingerprint density at radius 1 is 1.21 bits per heavy atom. The van der Waals surface area contributed by atoms with Gasteiger partial charge in [-0.1, -0.05) is 6.92 Å². The fourth-order valence-corrected chi connectivity index (χ4v) is 4.54. The molecule has 0 saturated carbocycles. The first-order chi connectivity index (χ1) is 9.11. The van der Waals surface area contributed by atoms with Crippen LogP contribution in [0, 0.1) is 5.92 Å². The molecule has 3 fully saturated rings. The molecule has 3 heterocycles. The summed E-state index contributed by atoms with van der Waals surface area (Å²) in [5, 5.41) is 3.22. The van der Waals surface area contributed by atoms with Crippen LogP contribution in [0.4, 0.5) is 0 Å². The van der Waals surface area contributed by atoms with Crippen molar-refractivity contribution >= 4 is 10.0 Å². The van der Waals surface area contributed by atoms with Crippen molar-refractivity contribution in [3.05, 3.63) is 0 Å². The fraction of sp³-hybridized carbons (Fsp3) is 1.00. The van der Waals surface area contributed by atoms with Crippen molar-refractivity contribution in [2.75, 3.05) is 38.5 Å². The van der Waals surface area contributed by atoms with E-state index in [9.17, 15) is 8.42 Å². The molecule has 2 N–H and O–H groups in total. The molecule has 0 aromatic carbocycles. The van der Waals surface area contributed by atoms with Gasteiger partial charge in [0.1, 0.15) is 0 Å². The standard InChI is InChI=1S/C13H27N3O2S/c1-2-14-7-3-4-10-19(17,18)15-13-11-16-8-5-12(13)6-9-16/h12-15H,2-11H2,1H3. The lowest BCUT2D eigenvalue weighted by Gasteiger charge is -2.44. The van der Waals surface area contributed by atoms with Gasteiger partial charge in [0.2, 0.25) is 10.0 Å². The third kappa shape index (κ3) is 4.70. The van der Waals surface area contributed by atoms with Gasteiger partial charge in [-0.25, -0.2) is 13.1 Å². The second kappa shape index (κ2) is 7.02. The highest BCUT2D eigenvalue weighted by Gasteiger charge is 2.35. The zero-order valence-electron chi connectivity index (χ0n) is 11.9. The second-order valence-electron chi connectivity index (χ2n) is 5.74. The molecule has 1 atom stereocenters. The molecule has 0 spiro atoms. The number of piperidine rings is 3. The average Bonchev–Trinajstić information content (AvgIpc) is 2.39. The third-order valence-corrected chi connectivity index (χ3v) is 5.74. The summed E-state index contributed by atoms with van der Waals surface area (Å²) in [5.74, 6) is 0.822. The zero-order chi connectivity index (χ0) is 13.7. The molecule has 1 unspecified atom stereocenters. The maximum Gasteiger partial charge on any atom is 0.211 e. The molecule has 2 bridgehead atoms. The highest BCUT2D eigenvalue weighted by atomic mass is 32.2. The van der Waals surface area contributed by atoms with Crippen molar-refractivity contribution in [2.24, 2.45) is 5.92 Å². The lowest BCUT2D eigenvalue weighted by molar-refractivity contribution is 0.0827. The van der Waals surface area contributed by atoms with Crippen LogP contribution < -0.4 is 10.0 Å². The van der Waals surface area contributed by atoms with E-state index in [-0.39, 0.29) is 11.8 Å². The Hall–Kier alpha value is -0.170. The normalized spacial score (nSPS) is 30.7. The van der Waals surface area contributed by atoms with E-state index in [1.54, 1.807) is 0 Å². The number of sulfonamides is 1. The highest BCUT2D eigenvalue weighted by Crippen LogP contribution is 2.27. The number of unbranched alkanes of at least 4 members (excludes halogenated alkanes) is 1. The van der Waals surface area contributed by atoms with E-state index >= 15 is 0 Å². The number of nitrogens with one attached hydrogen (secondary N) is 2. The van der Waals surface area contributed by atoms with Crippen molar-refractivity contribution in [2.45, 2.75) is 38.6 Å². The Kier molecular flexibility index (Phi) is 5.62. The lowest BCUT2D eigenvalue weighted by atomic mass is 9.85. The van der Waals surface area contributed by atoms with Crippen molar-refractivity contribution in [1.29, 1.82) is 0 Å². The number of fused-ring (bicyclic) bond motifs is 3. The number of rotatable bonds is 8. The maximum atomic E-state index is 12.1. The molecule has 0 aromatic rings. The van der Waals surface area contributed by atoms with Crippen molar-refractivity contribution < 1.29 is 8.42 Å². The number of hydrogen-bond acceptors (Lipinski definition) is 4. The number of hydrogen-bond donors (Lipinski definition) is 2. The first-order valence-corrected chi connectivity index (χ1v) is 9.19. The monoisotopic (exact) mass is 289 g/mol. The van der Waals surface area contributed by atoms with Crippen LogP contribution in [-0.2, 0) is 10.0 Å². The first kappa shape index (κ1) is 15.2. The van der Waals surface area contributed by atoms with Crippen LogP contribution in [0.15, 0.2) is 0 Å². The molecule has 0 amide bonds. The molecule has 5 nitrogen and oxygen atoms in total. The highest BCUT2D eigenvalue weighted by molar-refractivity contribution is 7.89. The Morgan fingerprint density at radius 3 is 2.53 bits per heavy atom. The van der Waals surface area contributed by atoms with Gasteiger partial charge in [-0.15, -0.1) is 0 Å². The van der Waals surface area contributed by atoms with Gasteiger partial charge < -0.3 is 10.2 Å². The van der Waals surface area contributed by atoms with Gasteiger partial charge in [-0.3, -0.25) is 0 Å². The third-order valence-electron chi connectivity index (χ3n) is 4.25. The fourth-order valence-electron chi connectivity index (χ4n) is 3.11. The molecule has 3 aliphatic heterocycles. The molecule has 112 valence electrons. The van der Waals surface area contributed by atoms with Crippen LogP contribution in [0.5, 0.6) is 0 Å². The zero-order valence-corrected chi connectivity index (χ0v) is 12.7. The Labute approximate surface area is 117 Å². The number of nitrogens with zero attached hydrogens (tertiary/aromatic N) is 1. The van der Waals surface area contributed by atoms with E-state index in [1.807, 2.05) is 0 Å². The van der Waals surface area contributed by atoms with Gasteiger partial charge in [-0.2, -0.15) is 0 Å². The van der Waals surface area contributed by atoms with Crippen LogP contribution in [-0.4, -0.2) is 57.8 Å². The summed E-state index contributed by atoms with van der Waals surface area (Å²) < 4.78 is 27.0. The molecular weight excluding hydrogens is 262 g/mol. The molecule has 3 rings (SSSR count). The average molecular weight is 289 g/mol. The van der Waals surface area contributed by atoms with E-state index < -0.39 is 10.0 Å². The van der Waals surface area contributed by atoms with Crippen LogP contribution in [0.25, 0.3) is 0 Å². The Morgan fingerprint density at radius 2 is 1.95 bits per heavy atom. The minimum Gasteiger partial charge on any atom is -0.317 e. The van der Waals surface area contributed by atoms with Crippen LogP contribution in [0.3, 0.4) is 0 Å². The predicted molar refractivity (Wildman–Crippen MR) is 77.7 cm³/mol. The second-order valence-corrected chi connectivity index (χ2v) is 7.62. The van der Waals surface area contributed by atoms with Gasteiger partial charge in [0, 0.05) is 12.6 Å². The minimum atomic E-state index is -3.10. The van der Waals surface area contributed by atoms with E-state index in [0.717, 1.165) is 58.4 Å². The molecule has 0 aliphatic carbocycles. The minimum absolute atomic E-state index is 0.154. The van der Waals surface area contributed by atoms with E-state index in [4.69, 9.17) is 0 Å². The summed E-state index contributed by atoms with van der Waals surface area (Å²) in [5.41, 5.74) is 0. The predicted octanol–water partition coefficient (Wildman–Crippen LogP) is 0.390. The molecule has 0 radical (unpaired) electrons. The summed E-state index contributed by atoms with van der Waals surface area (Å²) in [7, 11) is -3.10. The van der Waals surface area contributed by atoms with Crippen LogP contribution >= 0.6 is 0 Å². The Bertz CT molecular complexity index is 364. The molecule has 6 heteroatoms. The maximum absolute atomic E-state index is 12.1. The Balaban J connectivity index is 1.71. The summed E-state index contributed by atoms with van der Waals surface area (Å²) in [6, 6.07) is 0.154. The molecule has 19 heavy (non-hydrogen) atoms. The summed E-state index contributed by atoms with van der Waals surface area (Å²) in [4.78, 5) is 2.37. The first-order valence-electron chi connectivity index (χ1n) is 7.54. The lowest BCUT2D eigenvalue weighted by Crippen LogP contribution is -2.57. The summed E-state index contributed by atoms with van der Waals surface area (Å²) >= 11 is 0. The smallest absolute Gasteiger partial charge is 0.211 e. The topological polar surface area (TPSA) is 61.4 Å². The quantitative estimate of drug-likeness (QED) is 0.635. The SMILES string of the molecule is CCNCCCCS(=O)(=O)NC1CN2CCC1CC2. The molecule has 0 aromatic heterocycles. The van der Waals surface area contributed by atoms with Crippen molar-refractivity contribution in [1.82, 2.24) is 14.9 Å². The van der Waals surface area contributed by atoms with Gasteiger partial charge in [0.05, 0.1) is 5.75 Å². The summed E-state index contributed by atoms with van der Waals surface area (Å²) in [6.45, 7) is 7.11. The van der Waals surface area contributed by atoms with Crippen LogP contribution in [0.1, 0.15) is 32.6 Å². The van der Waals surface area contributed by atoms with Crippen molar-refractivity contribution in [3.63, 3.8) is 0 Å². The van der Waals surface area contributed by atoms with Crippen molar-refractivity contribution in [3.8, 4) is 0 Å². The van der Waals surface area contributed by atoms with Gasteiger partial charge in [0.15, 0.2) is 0 Å². The van der Waals surface area contributed by atoms with Crippen LogP contribution in [0.2, 0.25) is 0 Å². The molecular formula is C13H27N3O2S. The van der Waals surface area contributed by atoms with E-state index in [1.165, 1.54) is 0 Å².